The minimum Gasteiger partial charge on any atom is -0.325 e. The number of unbranched alkanes of at least 4 members (excludes halogenated alkanes) is 5. The van der Waals surface area contributed by atoms with E-state index in [9.17, 15) is 0 Å². The maximum absolute atomic E-state index is 8.49. The molecule has 1 rings (SSSR count). The Bertz CT molecular complexity index is 387. The van der Waals surface area contributed by atoms with Crippen LogP contribution in [0.1, 0.15) is 51.0 Å². The standard InChI is InChI=1S/C17H30N.ClHO4/c1-4-5-6-7-8-12-15-18(2,3)16-17-13-10-9-11-14-17;2-1(3,4)5/h9-11,13-14H,4-8,12,15-16H2,1-3H3;(H,2,3,4,5)/q+1;/p-1. The van der Waals surface area contributed by atoms with Gasteiger partial charge in [0.2, 0.25) is 0 Å². The van der Waals surface area contributed by atoms with E-state index in [4.69, 9.17) is 18.6 Å². The van der Waals surface area contributed by atoms with E-state index in [1.54, 1.807) is 0 Å². The highest BCUT2D eigenvalue weighted by Gasteiger charge is 2.14. The Hall–Kier alpha value is -0.690. The molecule has 0 saturated carbocycles. The van der Waals surface area contributed by atoms with Crippen molar-refractivity contribution in [1.29, 1.82) is 0 Å². The second-order valence-electron chi connectivity index (χ2n) is 6.45. The molecule has 0 N–H and O–H groups in total. The summed E-state index contributed by atoms with van der Waals surface area (Å²) in [5.74, 6) is 0. The highest BCUT2D eigenvalue weighted by Crippen LogP contribution is 2.12. The molecule has 0 saturated heterocycles. The second kappa shape index (κ2) is 11.8. The van der Waals surface area contributed by atoms with Gasteiger partial charge in [0, 0.05) is 5.56 Å². The van der Waals surface area contributed by atoms with Gasteiger partial charge in [0.25, 0.3) is 0 Å². The van der Waals surface area contributed by atoms with Crippen LogP contribution in [0.2, 0.25) is 0 Å². The molecule has 0 spiro atoms. The molecule has 0 amide bonds. The number of rotatable bonds is 9. The quantitative estimate of drug-likeness (QED) is 0.459. The molecule has 0 aliphatic carbocycles. The van der Waals surface area contributed by atoms with E-state index in [0.29, 0.717) is 0 Å². The van der Waals surface area contributed by atoms with Crippen molar-refractivity contribution in [2.75, 3.05) is 20.6 Å². The fourth-order valence-electron chi connectivity index (χ4n) is 2.48. The third-order valence-electron chi connectivity index (χ3n) is 3.57. The van der Waals surface area contributed by atoms with Gasteiger partial charge in [-0.2, -0.15) is 0 Å². The third kappa shape index (κ3) is 17.5. The van der Waals surface area contributed by atoms with E-state index in [1.807, 2.05) is 0 Å². The van der Waals surface area contributed by atoms with Gasteiger partial charge in [-0.1, -0.05) is 62.9 Å². The number of nitrogens with zero attached hydrogens (tertiary/aromatic N) is 1. The molecular formula is C17H30ClNO4. The van der Waals surface area contributed by atoms with E-state index in [1.165, 1.54) is 50.6 Å². The van der Waals surface area contributed by atoms with Crippen LogP contribution in [0, 0.1) is 10.2 Å². The predicted octanol–water partition coefficient (Wildman–Crippen LogP) is -0.132. The van der Waals surface area contributed by atoms with Gasteiger partial charge in [0.05, 0.1) is 20.6 Å². The van der Waals surface area contributed by atoms with Crippen LogP contribution in [0.5, 0.6) is 0 Å². The first-order chi connectivity index (χ1) is 10.6. The number of hydrogen-bond acceptors (Lipinski definition) is 4. The summed E-state index contributed by atoms with van der Waals surface area (Å²) in [6.07, 6.45) is 8.35. The summed E-state index contributed by atoms with van der Waals surface area (Å²) in [5, 5.41) is 0. The molecule has 134 valence electrons. The Morgan fingerprint density at radius 2 is 1.30 bits per heavy atom. The maximum Gasteiger partial charge on any atom is 0.104 e. The molecule has 0 fully saturated rings. The highest BCUT2D eigenvalue weighted by molar-refractivity contribution is 5.13. The number of halogens is 1. The van der Waals surface area contributed by atoms with E-state index in [2.05, 4.69) is 51.4 Å². The van der Waals surface area contributed by atoms with Crippen molar-refractivity contribution < 1.29 is 33.4 Å². The van der Waals surface area contributed by atoms with Gasteiger partial charge in [0.15, 0.2) is 0 Å². The summed E-state index contributed by atoms with van der Waals surface area (Å²) in [4.78, 5) is 0. The van der Waals surface area contributed by atoms with Gasteiger partial charge in [-0.05, 0) is 12.8 Å². The maximum atomic E-state index is 8.49. The van der Waals surface area contributed by atoms with Gasteiger partial charge in [-0.25, -0.2) is 18.6 Å². The average Bonchev–Trinajstić information content (AvgIpc) is 2.41. The summed E-state index contributed by atoms with van der Waals surface area (Å²) >= 11 is 0. The summed E-state index contributed by atoms with van der Waals surface area (Å²) in [6.45, 7) is 4.72. The first kappa shape index (κ1) is 22.3. The molecule has 0 bridgehead atoms. The van der Waals surface area contributed by atoms with Crippen molar-refractivity contribution in [3.05, 3.63) is 35.9 Å². The molecule has 23 heavy (non-hydrogen) atoms. The molecule has 0 aromatic heterocycles. The van der Waals surface area contributed by atoms with Crippen molar-refractivity contribution in [2.45, 2.75) is 52.0 Å². The first-order valence-electron chi connectivity index (χ1n) is 8.12. The lowest BCUT2D eigenvalue weighted by Crippen LogP contribution is -2.68. The van der Waals surface area contributed by atoms with Crippen LogP contribution >= 0.6 is 0 Å². The molecule has 6 heteroatoms. The molecule has 0 aliphatic heterocycles. The Kier molecular flexibility index (Phi) is 11.4. The fourth-order valence-corrected chi connectivity index (χ4v) is 2.48. The Morgan fingerprint density at radius 1 is 0.826 bits per heavy atom. The Labute approximate surface area is 142 Å². The van der Waals surface area contributed by atoms with Gasteiger partial charge in [-0.3, -0.25) is 0 Å². The van der Waals surface area contributed by atoms with Crippen LogP contribution in [-0.2, 0) is 6.54 Å². The summed E-state index contributed by atoms with van der Waals surface area (Å²) < 4.78 is 35.1. The summed E-state index contributed by atoms with van der Waals surface area (Å²) in [7, 11) is -0.252. The molecule has 0 radical (unpaired) electrons. The van der Waals surface area contributed by atoms with Crippen molar-refractivity contribution in [3.8, 4) is 0 Å². The number of quaternary nitrogens is 1. The Balaban J connectivity index is 0.000000841. The molecule has 0 atom stereocenters. The first-order valence-corrected chi connectivity index (χ1v) is 9.35. The van der Waals surface area contributed by atoms with E-state index in [0.717, 1.165) is 11.0 Å². The number of hydrogen-bond donors (Lipinski definition) is 0. The Morgan fingerprint density at radius 3 is 1.83 bits per heavy atom. The van der Waals surface area contributed by atoms with Crippen LogP contribution in [0.4, 0.5) is 0 Å². The molecule has 5 nitrogen and oxygen atoms in total. The van der Waals surface area contributed by atoms with Crippen LogP contribution in [0.25, 0.3) is 0 Å². The zero-order valence-corrected chi connectivity index (χ0v) is 15.3. The van der Waals surface area contributed by atoms with E-state index < -0.39 is 10.2 Å². The van der Waals surface area contributed by atoms with Crippen molar-refractivity contribution >= 4 is 0 Å². The molecule has 1 aromatic rings. The zero-order chi connectivity index (χ0) is 17.8. The lowest BCUT2D eigenvalue weighted by Gasteiger charge is -2.30. The van der Waals surface area contributed by atoms with Crippen LogP contribution < -0.4 is 18.6 Å². The molecule has 1 aromatic carbocycles. The molecule has 0 unspecified atom stereocenters. The lowest BCUT2D eigenvalue weighted by atomic mass is 10.1. The fraction of sp³-hybridized carbons (Fsp3) is 0.647. The molecule has 0 heterocycles. The zero-order valence-electron chi connectivity index (χ0n) is 14.5. The number of benzene rings is 1. The minimum absolute atomic E-state index is 1.11. The van der Waals surface area contributed by atoms with E-state index in [-0.39, 0.29) is 0 Å². The smallest absolute Gasteiger partial charge is 0.104 e. The van der Waals surface area contributed by atoms with Crippen LogP contribution in [0.3, 0.4) is 0 Å². The SMILES string of the molecule is CCCCCCCC[N+](C)(C)Cc1ccccc1.[O-][Cl+3]([O-])([O-])[O-]. The van der Waals surface area contributed by atoms with Gasteiger partial charge in [-0.15, -0.1) is 10.2 Å². The highest BCUT2D eigenvalue weighted by atomic mass is 35.7. The molecule has 0 aliphatic rings. The van der Waals surface area contributed by atoms with Crippen molar-refractivity contribution in [3.63, 3.8) is 0 Å². The predicted molar refractivity (Wildman–Crippen MR) is 80.5 cm³/mol. The lowest BCUT2D eigenvalue weighted by molar-refractivity contribution is -2.00. The normalized spacial score (nSPS) is 11.8. The van der Waals surface area contributed by atoms with Crippen molar-refractivity contribution in [1.82, 2.24) is 0 Å². The summed E-state index contributed by atoms with van der Waals surface area (Å²) in [6, 6.07) is 10.8. The topological polar surface area (TPSA) is 92.2 Å². The second-order valence-corrected chi connectivity index (χ2v) is 7.20. The van der Waals surface area contributed by atoms with Gasteiger partial charge >= 0.3 is 0 Å². The largest absolute Gasteiger partial charge is 0.325 e. The van der Waals surface area contributed by atoms with Gasteiger partial charge < -0.3 is 4.48 Å². The average molecular weight is 348 g/mol. The third-order valence-corrected chi connectivity index (χ3v) is 3.57. The summed E-state index contributed by atoms with van der Waals surface area (Å²) in [5.41, 5.74) is 1.45. The van der Waals surface area contributed by atoms with E-state index >= 15 is 0 Å². The van der Waals surface area contributed by atoms with Crippen LogP contribution in [0.15, 0.2) is 30.3 Å². The monoisotopic (exact) mass is 347 g/mol. The minimum atomic E-state index is -4.94. The van der Waals surface area contributed by atoms with Gasteiger partial charge in [0.1, 0.15) is 6.54 Å². The molecular weight excluding hydrogens is 318 g/mol. The van der Waals surface area contributed by atoms with Crippen molar-refractivity contribution in [2.24, 2.45) is 0 Å². The van der Waals surface area contributed by atoms with Crippen LogP contribution in [-0.4, -0.2) is 25.1 Å².